The van der Waals surface area contributed by atoms with Gasteiger partial charge in [0.15, 0.2) is 6.23 Å². The molecule has 0 aromatic heterocycles. The number of ether oxygens (including phenoxy) is 5. The van der Waals surface area contributed by atoms with Crippen LogP contribution in [0.5, 0.6) is 0 Å². The molecule has 0 bridgehead atoms. The SMILES string of the molecule is CC1(C)COC(C2OCC(C)(C)N2[B-](C2=NC(C)(C)CO2)(C2=NC(C)(C)CO2)C2=NC(C)(C)CO2)=N1. The highest BCUT2D eigenvalue weighted by atomic mass is 16.6. The third-order valence-corrected chi connectivity index (χ3v) is 7.19. The molecule has 1 fully saturated rings. The Kier molecular flexibility index (Phi) is 5.45. The van der Waals surface area contributed by atoms with E-state index in [1.54, 1.807) is 0 Å². The van der Waals surface area contributed by atoms with Crippen LogP contribution in [0.2, 0.25) is 0 Å². The third-order valence-electron chi connectivity index (χ3n) is 7.19. The van der Waals surface area contributed by atoms with Gasteiger partial charge < -0.3 is 28.5 Å². The second kappa shape index (κ2) is 7.69. The van der Waals surface area contributed by atoms with Gasteiger partial charge in [-0.15, -0.1) is 0 Å². The van der Waals surface area contributed by atoms with Gasteiger partial charge >= 0.3 is 6.28 Å². The van der Waals surface area contributed by atoms with E-state index in [-0.39, 0.29) is 5.54 Å². The highest BCUT2D eigenvalue weighted by Crippen LogP contribution is 2.42. The quantitative estimate of drug-likeness (QED) is 0.537. The lowest BCUT2D eigenvalue weighted by Crippen LogP contribution is -2.77. The van der Waals surface area contributed by atoms with Crippen LogP contribution < -0.4 is 0 Å². The summed E-state index contributed by atoms with van der Waals surface area (Å²) >= 11 is 0. The Morgan fingerprint density at radius 3 is 1.31 bits per heavy atom. The largest absolute Gasteiger partial charge is 0.516 e. The first-order valence-corrected chi connectivity index (χ1v) is 12.9. The van der Waals surface area contributed by atoms with E-state index in [1.165, 1.54) is 0 Å². The fraction of sp³-hybridized carbons (Fsp3) is 0.840. The molecule has 10 nitrogen and oxygen atoms in total. The Hall–Kier alpha value is -2.14. The molecule has 5 aliphatic heterocycles. The molecular formula is C25H41BN5O5-. The highest BCUT2D eigenvalue weighted by molar-refractivity contribution is 7.38. The standard InChI is InChI=1S/C25H41BN5O5/c1-21(2)11-32-16(27-21)17-31(25(9,10)15-33-17)26(18-28-22(3,4)12-34-18,19-29-23(5,6)13-35-19)20-30-24(7,8)14-36-20/h17H,11-15H2,1-10H3/q-1. The van der Waals surface area contributed by atoms with Crippen molar-refractivity contribution < 1.29 is 23.7 Å². The molecule has 0 aromatic rings. The van der Waals surface area contributed by atoms with Gasteiger partial charge in [0.2, 0.25) is 5.90 Å². The molecule has 5 heterocycles. The predicted octanol–water partition coefficient (Wildman–Crippen LogP) is 2.82. The third kappa shape index (κ3) is 4.12. The van der Waals surface area contributed by atoms with Crippen molar-refractivity contribution in [3.8, 4) is 0 Å². The van der Waals surface area contributed by atoms with E-state index in [0.29, 0.717) is 56.3 Å². The molecule has 200 valence electrons. The molecule has 11 heteroatoms. The summed E-state index contributed by atoms with van der Waals surface area (Å²) in [7, 11) is 0. The number of hydrogen-bond donors (Lipinski definition) is 0. The van der Waals surface area contributed by atoms with Crippen LogP contribution in [0.4, 0.5) is 0 Å². The average Bonchev–Trinajstić information content (AvgIpc) is 3.52. The molecule has 0 amide bonds. The number of rotatable bonds is 5. The van der Waals surface area contributed by atoms with Gasteiger partial charge in [-0.1, -0.05) is 0 Å². The second-order valence-electron chi connectivity index (χ2n) is 13.9. The van der Waals surface area contributed by atoms with Crippen LogP contribution in [0.3, 0.4) is 0 Å². The molecule has 0 aliphatic carbocycles. The molecule has 0 N–H and O–H groups in total. The molecule has 1 unspecified atom stereocenters. The van der Waals surface area contributed by atoms with Crippen LogP contribution in [0.15, 0.2) is 20.0 Å². The minimum Gasteiger partial charge on any atom is -0.516 e. The highest BCUT2D eigenvalue weighted by Gasteiger charge is 2.63. The van der Waals surface area contributed by atoms with E-state index in [4.69, 9.17) is 43.7 Å². The monoisotopic (exact) mass is 502 g/mol. The van der Waals surface area contributed by atoms with Crippen LogP contribution in [0.25, 0.3) is 0 Å². The molecule has 1 saturated heterocycles. The van der Waals surface area contributed by atoms with Gasteiger partial charge in [-0.2, -0.15) is 0 Å². The van der Waals surface area contributed by atoms with Crippen molar-refractivity contribution in [2.75, 3.05) is 33.0 Å². The van der Waals surface area contributed by atoms with Gasteiger partial charge in [0.25, 0.3) is 0 Å². The summed E-state index contributed by atoms with van der Waals surface area (Å²) in [6.07, 6.45) is -2.90. The Labute approximate surface area is 214 Å². The topological polar surface area (TPSA) is 98.8 Å². The maximum Gasteiger partial charge on any atom is 0.324 e. The second-order valence-corrected chi connectivity index (χ2v) is 13.9. The van der Waals surface area contributed by atoms with Crippen molar-refractivity contribution in [2.45, 2.75) is 103 Å². The molecular weight excluding hydrogens is 461 g/mol. The van der Waals surface area contributed by atoms with Gasteiger partial charge in [-0.3, -0.25) is 15.0 Å². The minimum absolute atomic E-state index is 0.344. The Morgan fingerprint density at radius 1 is 0.583 bits per heavy atom. The van der Waals surface area contributed by atoms with Crippen molar-refractivity contribution >= 4 is 29.6 Å². The van der Waals surface area contributed by atoms with Crippen LogP contribution >= 0.6 is 0 Å². The van der Waals surface area contributed by atoms with Gasteiger partial charge in [0.05, 0.1) is 28.8 Å². The first-order chi connectivity index (χ1) is 16.5. The summed E-state index contributed by atoms with van der Waals surface area (Å²) in [5.41, 5.74) is -2.11. The van der Waals surface area contributed by atoms with Crippen molar-refractivity contribution in [3.63, 3.8) is 0 Å². The zero-order chi connectivity index (χ0) is 26.4. The van der Waals surface area contributed by atoms with Crippen molar-refractivity contribution in [3.05, 3.63) is 0 Å². The molecule has 1 atom stereocenters. The van der Waals surface area contributed by atoms with Crippen LogP contribution in [0.1, 0.15) is 69.2 Å². The molecule has 5 rings (SSSR count). The maximum atomic E-state index is 6.45. The summed E-state index contributed by atoms with van der Waals surface area (Å²) in [5.74, 6) is 2.06. The Bertz CT molecular complexity index is 991. The summed E-state index contributed by atoms with van der Waals surface area (Å²) in [6, 6.07) is 0. The molecule has 5 aliphatic rings. The molecule has 0 radical (unpaired) electrons. The van der Waals surface area contributed by atoms with Crippen molar-refractivity contribution in [1.82, 2.24) is 4.81 Å². The van der Waals surface area contributed by atoms with E-state index >= 15 is 0 Å². The van der Waals surface area contributed by atoms with Crippen molar-refractivity contribution in [2.24, 2.45) is 20.0 Å². The number of hydrogen-bond acceptors (Lipinski definition) is 10. The van der Waals surface area contributed by atoms with Gasteiger partial charge in [0, 0.05) is 22.9 Å². The summed E-state index contributed by atoms with van der Waals surface area (Å²) in [6.45, 7) is 22.9. The van der Waals surface area contributed by atoms with Gasteiger partial charge in [-0.25, -0.2) is 4.99 Å². The lowest BCUT2D eigenvalue weighted by atomic mass is 9.31. The van der Waals surface area contributed by atoms with Crippen LogP contribution in [-0.4, -0.2) is 101 Å². The van der Waals surface area contributed by atoms with Gasteiger partial charge in [0.1, 0.15) is 26.4 Å². The first kappa shape index (κ1) is 25.5. The molecule has 0 spiro atoms. The summed E-state index contributed by atoms with van der Waals surface area (Å²) < 4.78 is 31.9. The van der Waals surface area contributed by atoms with E-state index in [1.807, 2.05) is 0 Å². The average molecular weight is 502 g/mol. The van der Waals surface area contributed by atoms with E-state index < -0.39 is 34.7 Å². The smallest absolute Gasteiger partial charge is 0.324 e. The van der Waals surface area contributed by atoms with Crippen molar-refractivity contribution in [1.29, 1.82) is 0 Å². The van der Waals surface area contributed by atoms with E-state index in [0.717, 1.165) is 0 Å². The maximum absolute atomic E-state index is 6.45. The van der Waals surface area contributed by atoms with Gasteiger partial charge in [-0.05, 0) is 69.2 Å². The van der Waals surface area contributed by atoms with E-state index in [2.05, 4.69) is 74.0 Å². The zero-order valence-electron chi connectivity index (χ0n) is 23.5. The lowest BCUT2D eigenvalue weighted by molar-refractivity contribution is 0.0976. The fourth-order valence-corrected chi connectivity index (χ4v) is 5.57. The summed E-state index contributed by atoms with van der Waals surface area (Å²) in [5, 5.41) is 0. The zero-order valence-corrected chi connectivity index (χ0v) is 23.5. The summed E-state index contributed by atoms with van der Waals surface area (Å²) in [4.78, 5) is 22.4. The predicted molar refractivity (Wildman–Crippen MR) is 141 cm³/mol. The molecule has 0 saturated carbocycles. The minimum atomic E-state index is -2.29. The van der Waals surface area contributed by atoms with E-state index in [9.17, 15) is 0 Å². The van der Waals surface area contributed by atoms with Crippen LogP contribution in [-0.2, 0) is 23.7 Å². The number of nitrogens with zero attached hydrogens (tertiary/aromatic N) is 5. The van der Waals surface area contributed by atoms with Crippen LogP contribution in [0, 0.1) is 0 Å². The Morgan fingerprint density at radius 2 is 0.972 bits per heavy atom. The molecule has 0 aromatic carbocycles. The molecule has 36 heavy (non-hydrogen) atoms. The first-order valence-electron chi connectivity index (χ1n) is 12.9. The Balaban J connectivity index is 1.80. The lowest BCUT2D eigenvalue weighted by Gasteiger charge is -2.53. The number of aliphatic imine (C=N–C) groups is 4. The normalized spacial score (nSPS) is 31.6. The fourth-order valence-electron chi connectivity index (χ4n) is 5.57.